The van der Waals surface area contributed by atoms with E-state index in [9.17, 15) is 14.4 Å². The summed E-state index contributed by atoms with van der Waals surface area (Å²) in [6, 6.07) is -0.498. The fraction of sp³-hybridized carbons (Fsp3) is 0.786. The highest BCUT2D eigenvalue weighted by molar-refractivity contribution is 5.84. The Morgan fingerprint density at radius 1 is 1.14 bits per heavy atom. The minimum absolute atomic E-state index is 0.0887. The van der Waals surface area contributed by atoms with Crippen LogP contribution >= 0.6 is 0 Å². The van der Waals surface area contributed by atoms with Crippen molar-refractivity contribution in [2.75, 3.05) is 6.54 Å². The van der Waals surface area contributed by atoms with E-state index in [0.29, 0.717) is 12.8 Å². The molecule has 1 fully saturated rings. The van der Waals surface area contributed by atoms with E-state index in [4.69, 9.17) is 5.11 Å². The lowest BCUT2D eigenvalue weighted by Crippen LogP contribution is -2.54. The van der Waals surface area contributed by atoms with Gasteiger partial charge in [0, 0.05) is 5.54 Å². The van der Waals surface area contributed by atoms with E-state index in [1.54, 1.807) is 0 Å². The molecule has 0 atom stereocenters. The van der Waals surface area contributed by atoms with Crippen LogP contribution in [0, 0.1) is 0 Å². The molecule has 0 radical (unpaired) electrons. The zero-order chi connectivity index (χ0) is 16.1. The Morgan fingerprint density at radius 2 is 1.71 bits per heavy atom. The number of carboxylic acid groups (broad SMARTS) is 1. The molecule has 0 bridgehead atoms. The Labute approximate surface area is 124 Å². The normalized spacial score (nSPS) is 17.1. The van der Waals surface area contributed by atoms with Gasteiger partial charge in [0.15, 0.2) is 0 Å². The van der Waals surface area contributed by atoms with E-state index in [0.717, 1.165) is 12.8 Å². The highest BCUT2D eigenvalue weighted by Crippen LogP contribution is 2.32. The molecular formula is C14H25N3O4. The lowest BCUT2D eigenvalue weighted by atomic mass is 9.93. The zero-order valence-corrected chi connectivity index (χ0v) is 12.9. The lowest BCUT2D eigenvalue weighted by molar-refractivity contribution is -0.138. The van der Waals surface area contributed by atoms with E-state index < -0.39 is 17.5 Å². The monoisotopic (exact) mass is 299 g/mol. The number of carboxylic acids is 1. The standard InChI is InChI=1S/C14H25N3O4/c1-13(2,3)16-10(18)9-15-12(21)17-14(8-11(19)20)6-4-5-7-14/h4-9H2,1-3H3,(H,16,18)(H,19,20)(H2,15,17,21). The molecular weight excluding hydrogens is 274 g/mol. The second-order valence-electron chi connectivity index (χ2n) is 6.66. The van der Waals surface area contributed by atoms with E-state index in [2.05, 4.69) is 16.0 Å². The van der Waals surface area contributed by atoms with Crippen LogP contribution in [0.4, 0.5) is 4.79 Å². The minimum Gasteiger partial charge on any atom is -0.481 e. The molecule has 1 rings (SSSR count). The topological polar surface area (TPSA) is 108 Å². The fourth-order valence-electron chi connectivity index (χ4n) is 2.60. The number of rotatable bonds is 5. The summed E-state index contributed by atoms with van der Waals surface area (Å²) in [5.74, 6) is -1.21. The third kappa shape index (κ3) is 6.46. The van der Waals surface area contributed by atoms with Crippen LogP contribution in [0.5, 0.6) is 0 Å². The average molecular weight is 299 g/mol. The number of urea groups is 1. The van der Waals surface area contributed by atoms with Crippen molar-refractivity contribution in [2.45, 2.75) is 64.0 Å². The van der Waals surface area contributed by atoms with Crippen LogP contribution in [-0.2, 0) is 9.59 Å². The first-order valence-corrected chi connectivity index (χ1v) is 7.21. The first kappa shape index (κ1) is 17.3. The number of carbonyl (C=O) groups excluding carboxylic acids is 2. The Morgan fingerprint density at radius 3 is 2.19 bits per heavy atom. The quantitative estimate of drug-likeness (QED) is 0.607. The largest absolute Gasteiger partial charge is 0.481 e. The molecule has 0 aromatic rings. The van der Waals surface area contributed by atoms with Gasteiger partial charge in [-0.05, 0) is 33.6 Å². The van der Waals surface area contributed by atoms with Gasteiger partial charge in [-0.3, -0.25) is 9.59 Å². The summed E-state index contributed by atoms with van der Waals surface area (Å²) in [6.45, 7) is 5.42. The molecule has 0 unspecified atom stereocenters. The van der Waals surface area contributed by atoms with Gasteiger partial charge in [-0.15, -0.1) is 0 Å². The van der Waals surface area contributed by atoms with Gasteiger partial charge in [0.1, 0.15) is 0 Å². The van der Waals surface area contributed by atoms with Gasteiger partial charge >= 0.3 is 12.0 Å². The van der Waals surface area contributed by atoms with E-state index in [1.165, 1.54) is 0 Å². The summed E-state index contributed by atoms with van der Waals surface area (Å²) >= 11 is 0. The van der Waals surface area contributed by atoms with Crippen molar-refractivity contribution in [1.29, 1.82) is 0 Å². The van der Waals surface area contributed by atoms with Crippen LogP contribution in [0.15, 0.2) is 0 Å². The maximum Gasteiger partial charge on any atom is 0.315 e. The van der Waals surface area contributed by atoms with Crippen LogP contribution < -0.4 is 16.0 Å². The first-order valence-electron chi connectivity index (χ1n) is 7.21. The van der Waals surface area contributed by atoms with Gasteiger partial charge in [0.25, 0.3) is 0 Å². The summed E-state index contributed by atoms with van der Waals surface area (Å²) in [7, 11) is 0. The van der Waals surface area contributed by atoms with Crippen molar-refractivity contribution in [3.63, 3.8) is 0 Å². The van der Waals surface area contributed by atoms with Crippen molar-refractivity contribution in [2.24, 2.45) is 0 Å². The summed E-state index contributed by atoms with van der Waals surface area (Å²) in [6.07, 6.45) is 3.02. The summed E-state index contributed by atoms with van der Waals surface area (Å²) in [5, 5.41) is 16.9. The molecule has 0 spiro atoms. The molecule has 21 heavy (non-hydrogen) atoms. The molecule has 4 N–H and O–H groups in total. The molecule has 7 nitrogen and oxygen atoms in total. The lowest BCUT2D eigenvalue weighted by Gasteiger charge is -2.28. The van der Waals surface area contributed by atoms with Crippen LogP contribution in [0.2, 0.25) is 0 Å². The third-order valence-electron chi connectivity index (χ3n) is 3.35. The molecule has 120 valence electrons. The average Bonchev–Trinajstić information content (AvgIpc) is 2.71. The molecule has 0 aromatic heterocycles. The summed E-state index contributed by atoms with van der Waals surface area (Å²) < 4.78 is 0. The predicted molar refractivity (Wildman–Crippen MR) is 77.9 cm³/mol. The van der Waals surface area contributed by atoms with Crippen molar-refractivity contribution in [1.82, 2.24) is 16.0 Å². The highest BCUT2D eigenvalue weighted by Gasteiger charge is 2.37. The Balaban J connectivity index is 2.44. The van der Waals surface area contributed by atoms with Crippen LogP contribution in [-0.4, -0.2) is 40.6 Å². The summed E-state index contributed by atoms with van der Waals surface area (Å²) in [5.41, 5.74) is -1.04. The van der Waals surface area contributed by atoms with Gasteiger partial charge in [0.2, 0.25) is 5.91 Å². The molecule has 1 saturated carbocycles. The molecule has 0 aliphatic heterocycles. The van der Waals surface area contributed by atoms with Gasteiger partial charge in [0.05, 0.1) is 18.5 Å². The van der Waals surface area contributed by atoms with Crippen molar-refractivity contribution in [3.05, 3.63) is 0 Å². The van der Waals surface area contributed by atoms with Gasteiger partial charge in [-0.1, -0.05) is 12.8 Å². The van der Waals surface area contributed by atoms with Crippen molar-refractivity contribution < 1.29 is 19.5 Å². The van der Waals surface area contributed by atoms with Gasteiger partial charge < -0.3 is 21.1 Å². The molecule has 7 heteroatoms. The number of nitrogens with one attached hydrogen (secondary N) is 3. The van der Waals surface area contributed by atoms with Crippen molar-refractivity contribution >= 4 is 17.9 Å². The highest BCUT2D eigenvalue weighted by atomic mass is 16.4. The first-order chi connectivity index (χ1) is 9.62. The zero-order valence-electron chi connectivity index (χ0n) is 12.9. The van der Waals surface area contributed by atoms with Crippen LogP contribution in [0.3, 0.4) is 0 Å². The minimum atomic E-state index is -0.928. The summed E-state index contributed by atoms with van der Waals surface area (Å²) in [4.78, 5) is 34.4. The molecule has 1 aliphatic rings. The second kappa shape index (κ2) is 6.78. The van der Waals surface area contributed by atoms with Gasteiger partial charge in [-0.25, -0.2) is 4.79 Å². The Bertz CT molecular complexity index is 409. The number of carbonyl (C=O) groups is 3. The fourth-order valence-corrected chi connectivity index (χ4v) is 2.60. The molecule has 0 heterocycles. The SMILES string of the molecule is CC(C)(C)NC(=O)CNC(=O)NC1(CC(=O)O)CCCC1. The van der Waals surface area contributed by atoms with E-state index >= 15 is 0 Å². The smallest absolute Gasteiger partial charge is 0.315 e. The van der Waals surface area contributed by atoms with Crippen LogP contribution in [0.1, 0.15) is 52.9 Å². The molecule has 1 aliphatic carbocycles. The molecule has 0 saturated heterocycles. The van der Waals surface area contributed by atoms with Crippen LogP contribution in [0.25, 0.3) is 0 Å². The Hall–Kier alpha value is -1.79. The van der Waals surface area contributed by atoms with E-state index in [-0.39, 0.29) is 24.4 Å². The third-order valence-corrected chi connectivity index (χ3v) is 3.35. The second-order valence-corrected chi connectivity index (χ2v) is 6.66. The molecule has 3 amide bonds. The number of aliphatic carboxylic acids is 1. The van der Waals surface area contributed by atoms with E-state index in [1.807, 2.05) is 20.8 Å². The van der Waals surface area contributed by atoms with Crippen molar-refractivity contribution in [3.8, 4) is 0 Å². The maximum absolute atomic E-state index is 11.9. The Kier molecular flexibility index (Phi) is 5.57. The number of hydrogen-bond acceptors (Lipinski definition) is 3. The molecule has 0 aromatic carbocycles. The number of amides is 3. The predicted octanol–water partition coefficient (Wildman–Crippen LogP) is 0.988. The maximum atomic E-state index is 11.9. The number of hydrogen-bond donors (Lipinski definition) is 4. The van der Waals surface area contributed by atoms with Gasteiger partial charge in [-0.2, -0.15) is 0 Å².